The second-order valence-electron chi connectivity index (χ2n) is 6.97. The van der Waals surface area contributed by atoms with E-state index in [2.05, 4.69) is 31.0 Å². The number of carbonyl (C=O) groups is 1. The fourth-order valence-corrected chi connectivity index (χ4v) is 3.61. The highest BCUT2D eigenvalue weighted by Gasteiger charge is 2.26. The molecule has 1 saturated heterocycles. The van der Waals surface area contributed by atoms with Crippen LogP contribution in [0.1, 0.15) is 36.9 Å². The lowest BCUT2D eigenvalue weighted by Crippen LogP contribution is -2.52. The largest absolute Gasteiger partial charge is 0.451 e. The average molecular weight is 365 g/mol. The lowest BCUT2D eigenvalue weighted by atomic mass is 10.1. The maximum Gasteiger partial charge on any atom is 0.287 e. The molecular formula is C19H25ClN2O3. The van der Waals surface area contributed by atoms with Gasteiger partial charge < -0.3 is 14.5 Å². The van der Waals surface area contributed by atoms with Crippen molar-refractivity contribution in [3.05, 3.63) is 34.5 Å². The van der Waals surface area contributed by atoms with Crippen molar-refractivity contribution in [2.75, 3.05) is 19.6 Å². The van der Waals surface area contributed by atoms with E-state index in [0.717, 1.165) is 24.0 Å². The molecular weight excluding hydrogens is 340 g/mol. The van der Waals surface area contributed by atoms with Crippen molar-refractivity contribution in [1.82, 2.24) is 10.2 Å². The van der Waals surface area contributed by atoms with E-state index in [1.165, 1.54) is 0 Å². The molecule has 1 N–H and O–H groups in total. The molecule has 5 nitrogen and oxygen atoms in total. The molecule has 3 atom stereocenters. The first-order chi connectivity index (χ1) is 11.8. The lowest BCUT2D eigenvalue weighted by molar-refractivity contribution is -0.0778. The molecule has 0 saturated carbocycles. The van der Waals surface area contributed by atoms with Crippen LogP contribution < -0.4 is 5.32 Å². The minimum absolute atomic E-state index is 0.189. The van der Waals surface area contributed by atoms with Crippen LogP contribution in [0.5, 0.6) is 0 Å². The number of nitrogens with one attached hydrogen (secondary N) is 1. The Bertz CT molecular complexity index is 763. The number of carbonyl (C=O) groups excluding carboxylic acids is 1. The zero-order chi connectivity index (χ0) is 18.1. The Hall–Kier alpha value is -1.56. The van der Waals surface area contributed by atoms with E-state index in [-0.39, 0.29) is 24.2 Å². The predicted molar refractivity (Wildman–Crippen MR) is 99.3 cm³/mol. The molecule has 2 aromatic rings. The summed E-state index contributed by atoms with van der Waals surface area (Å²) in [5, 5.41) is 4.50. The van der Waals surface area contributed by atoms with Crippen LogP contribution in [0.2, 0.25) is 5.02 Å². The van der Waals surface area contributed by atoms with E-state index in [1.807, 2.05) is 13.0 Å². The third-order valence-corrected chi connectivity index (χ3v) is 4.97. The predicted octanol–water partition coefficient (Wildman–Crippen LogP) is 3.62. The number of ether oxygens (including phenoxy) is 1. The number of halogens is 1. The van der Waals surface area contributed by atoms with Crippen LogP contribution in [0.25, 0.3) is 11.0 Å². The summed E-state index contributed by atoms with van der Waals surface area (Å²) in [5.41, 5.74) is 1.49. The fourth-order valence-electron chi connectivity index (χ4n) is 3.44. The number of amides is 1. The van der Waals surface area contributed by atoms with E-state index >= 15 is 0 Å². The fraction of sp³-hybridized carbons (Fsp3) is 0.526. The molecule has 136 valence electrons. The van der Waals surface area contributed by atoms with Crippen LogP contribution in [-0.2, 0) is 4.74 Å². The summed E-state index contributed by atoms with van der Waals surface area (Å²) >= 11 is 6.03. The first kappa shape index (κ1) is 18.2. The van der Waals surface area contributed by atoms with Crippen LogP contribution >= 0.6 is 11.6 Å². The number of aryl methyl sites for hydroxylation is 1. The second kappa shape index (κ2) is 7.36. The van der Waals surface area contributed by atoms with Gasteiger partial charge in [0.15, 0.2) is 5.76 Å². The lowest BCUT2D eigenvalue weighted by Gasteiger charge is -2.38. The number of fused-ring (bicyclic) bond motifs is 1. The number of benzene rings is 1. The first-order valence-corrected chi connectivity index (χ1v) is 9.09. The van der Waals surface area contributed by atoms with Gasteiger partial charge in [0, 0.05) is 41.6 Å². The monoisotopic (exact) mass is 364 g/mol. The van der Waals surface area contributed by atoms with Gasteiger partial charge in [0.05, 0.1) is 12.2 Å². The van der Waals surface area contributed by atoms with Crippen molar-refractivity contribution in [3.63, 3.8) is 0 Å². The Kier molecular flexibility index (Phi) is 5.37. The number of hydrogen-bond acceptors (Lipinski definition) is 4. The maximum absolute atomic E-state index is 12.6. The number of rotatable bonds is 4. The van der Waals surface area contributed by atoms with Crippen LogP contribution in [-0.4, -0.2) is 48.7 Å². The Morgan fingerprint density at radius 1 is 1.36 bits per heavy atom. The number of nitrogens with zero attached hydrogens (tertiary/aromatic N) is 1. The summed E-state index contributed by atoms with van der Waals surface area (Å²) in [6.07, 6.45) is 0.425. The number of morpholine rings is 1. The highest BCUT2D eigenvalue weighted by Crippen LogP contribution is 2.27. The standard InChI is InChI=1S/C19H25ClN2O3/c1-11(22-9-12(2)24-13(3)10-22)8-21-19(23)18-14(4)16-7-15(20)5-6-17(16)25-18/h5-7,11-13H,8-10H2,1-4H3,(H,21,23). The molecule has 3 unspecified atom stereocenters. The van der Waals surface area contributed by atoms with Crippen LogP contribution in [0.3, 0.4) is 0 Å². The normalized spacial score (nSPS) is 22.9. The summed E-state index contributed by atoms with van der Waals surface area (Å²) in [6, 6.07) is 5.61. The van der Waals surface area contributed by atoms with Gasteiger partial charge >= 0.3 is 0 Å². The summed E-state index contributed by atoms with van der Waals surface area (Å²) in [4.78, 5) is 14.9. The second-order valence-corrected chi connectivity index (χ2v) is 7.40. The summed E-state index contributed by atoms with van der Waals surface area (Å²) < 4.78 is 11.5. The Labute approximate surface area is 153 Å². The molecule has 0 bridgehead atoms. The van der Waals surface area contributed by atoms with E-state index in [0.29, 0.717) is 22.9 Å². The maximum atomic E-state index is 12.6. The Morgan fingerprint density at radius 2 is 2.04 bits per heavy atom. The molecule has 1 fully saturated rings. The van der Waals surface area contributed by atoms with E-state index in [9.17, 15) is 4.79 Å². The third-order valence-electron chi connectivity index (χ3n) is 4.73. The van der Waals surface area contributed by atoms with E-state index in [1.54, 1.807) is 12.1 Å². The van der Waals surface area contributed by atoms with E-state index < -0.39 is 0 Å². The SMILES string of the molecule is Cc1c(C(=O)NCC(C)N2CC(C)OC(C)C2)oc2ccc(Cl)cc12. The first-order valence-electron chi connectivity index (χ1n) is 8.71. The van der Waals surface area contributed by atoms with Crippen molar-refractivity contribution in [2.45, 2.75) is 45.9 Å². The third kappa shape index (κ3) is 4.00. The quantitative estimate of drug-likeness (QED) is 0.900. The summed E-state index contributed by atoms with van der Waals surface area (Å²) in [7, 11) is 0. The minimum Gasteiger partial charge on any atom is -0.451 e. The van der Waals surface area contributed by atoms with Gasteiger partial charge in [0.25, 0.3) is 5.91 Å². The van der Waals surface area contributed by atoms with Crippen LogP contribution in [0.4, 0.5) is 0 Å². The highest BCUT2D eigenvalue weighted by molar-refractivity contribution is 6.31. The van der Waals surface area contributed by atoms with Gasteiger partial charge in [-0.1, -0.05) is 11.6 Å². The smallest absolute Gasteiger partial charge is 0.287 e. The molecule has 0 spiro atoms. The van der Waals surface area contributed by atoms with Gasteiger partial charge in [-0.15, -0.1) is 0 Å². The van der Waals surface area contributed by atoms with Crippen molar-refractivity contribution in [3.8, 4) is 0 Å². The van der Waals surface area contributed by atoms with Gasteiger partial charge in [0.2, 0.25) is 0 Å². The minimum atomic E-state index is -0.189. The van der Waals surface area contributed by atoms with Crippen molar-refractivity contribution < 1.29 is 13.9 Å². The molecule has 6 heteroatoms. The number of furan rings is 1. The zero-order valence-corrected chi connectivity index (χ0v) is 15.9. The zero-order valence-electron chi connectivity index (χ0n) is 15.1. The van der Waals surface area contributed by atoms with Crippen molar-refractivity contribution in [1.29, 1.82) is 0 Å². The Balaban J connectivity index is 1.65. The van der Waals surface area contributed by atoms with Gasteiger partial charge in [0.1, 0.15) is 5.58 Å². The topological polar surface area (TPSA) is 54.7 Å². The molecule has 25 heavy (non-hydrogen) atoms. The van der Waals surface area contributed by atoms with Gasteiger partial charge in [-0.25, -0.2) is 0 Å². The molecule has 1 amide bonds. The number of hydrogen-bond donors (Lipinski definition) is 1. The Morgan fingerprint density at radius 3 is 2.72 bits per heavy atom. The average Bonchev–Trinajstić information content (AvgIpc) is 2.88. The molecule has 0 radical (unpaired) electrons. The van der Waals surface area contributed by atoms with Crippen LogP contribution in [0.15, 0.2) is 22.6 Å². The molecule has 1 aromatic carbocycles. The van der Waals surface area contributed by atoms with E-state index in [4.69, 9.17) is 20.8 Å². The molecule has 2 heterocycles. The molecule has 0 aliphatic carbocycles. The van der Waals surface area contributed by atoms with Crippen LogP contribution in [0, 0.1) is 6.92 Å². The van der Waals surface area contributed by atoms with Gasteiger partial charge in [-0.2, -0.15) is 0 Å². The van der Waals surface area contributed by atoms with Gasteiger partial charge in [-0.3, -0.25) is 9.69 Å². The molecule has 1 aromatic heterocycles. The highest BCUT2D eigenvalue weighted by atomic mass is 35.5. The summed E-state index contributed by atoms with van der Waals surface area (Å²) in [6.45, 7) is 10.5. The van der Waals surface area contributed by atoms with Crippen molar-refractivity contribution >= 4 is 28.5 Å². The molecule has 1 aliphatic rings. The molecule has 1 aliphatic heterocycles. The molecule has 3 rings (SSSR count). The van der Waals surface area contributed by atoms with Gasteiger partial charge in [-0.05, 0) is 45.9 Å². The van der Waals surface area contributed by atoms with Crippen molar-refractivity contribution in [2.24, 2.45) is 0 Å². The summed E-state index contributed by atoms with van der Waals surface area (Å²) in [5.74, 6) is 0.166.